The average Bonchev–Trinajstić information content (AvgIpc) is 2.63. The molecule has 7 nitrogen and oxygen atoms in total. The van der Waals surface area contributed by atoms with Gasteiger partial charge in [0.15, 0.2) is 0 Å². The molecular formula is C18H26N4O3. The Morgan fingerprint density at radius 1 is 1.12 bits per heavy atom. The molecule has 3 N–H and O–H groups in total. The molecule has 7 heteroatoms. The third-order valence-corrected chi connectivity index (χ3v) is 5.30. The van der Waals surface area contributed by atoms with Gasteiger partial charge in [-0.15, -0.1) is 0 Å². The van der Waals surface area contributed by atoms with Crippen molar-refractivity contribution in [1.29, 1.82) is 0 Å². The number of nitrogens with zero attached hydrogens (tertiary/aromatic N) is 3. The van der Waals surface area contributed by atoms with E-state index in [-0.39, 0.29) is 11.8 Å². The zero-order chi connectivity index (χ0) is 17.8. The lowest BCUT2D eigenvalue weighted by molar-refractivity contribution is -0.144. The number of carbonyl (C=O) groups excluding carboxylic acids is 1. The first kappa shape index (κ1) is 17.7. The van der Waals surface area contributed by atoms with E-state index in [4.69, 9.17) is 5.73 Å². The van der Waals surface area contributed by atoms with Gasteiger partial charge in [0.1, 0.15) is 11.9 Å². The first-order chi connectivity index (χ1) is 12.1. The van der Waals surface area contributed by atoms with Crippen molar-refractivity contribution < 1.29 is 14.7 Å². The van der Waals surface area contributed by atoms with Crippen LogP contribution in [0.5, 0.6) is 0 Å². The molecule has 1 amide bonds. The summed E-state index contributed by atoms with van der Waals surface area (Å²) in [5.74, 6) is -0.408. The zero-order valence-corrected chi connectivity index (χ0v) is 14.4. The van der Waals surface area contributed by atoms with Crippen LogP contribution in [0.1, 0.15) is 43.7 Å². The molecule has 2 aliphatic heterocycles. The van der Waals surface area contributed by atoms with Gasteiger partial charge in [0.2, 0.25) is 5.91 Å². The number of likely N-dealkylation sites (tertiary alicyclic amines) is 1. The summed E-state index contributed by atoms with van der Waals surface area (Å²) in [6.45, 7) is 3.13. The van der Waals surface area contributed by atoms with Crippen LogP contribution in [0.25, 0.3) is 0 Å². The van der Waals surface area contributed by atoms with Gasteiger partial charge in [-0.25, -0.2) is 4.98 Å². The molecule has 0 unspecified atom stereocenters. The van der Waals surface area contributed by atoms with Gasteiger partial charge in [-0.1, -0.05) is 6.07 Å². The van der Waals surface area contributed by atoms with Crippen LogP contribution >= 0.6 is 0 Å². The van der Waals surface area contributed by atoms with Crippen molar-refractivity contribution in [2.75, 3.05) is 31.1 Å². The van der Waals surface area contributed by atoms with Gasteiger partial charge in [0.05, 0.1) is 0 Å². The fraction of sp³-hybridized carbons (Fsp3) is 0.611. The lowest BCUT2D eigenvalue weighted by Crippen LogP contribution is -2.42. The number of amides is 1. The topological polar surface area (TPSA) is 99.8 Å². The van der Waals surface area contributed by atoms with Crippen molar-refractivity contribution in [1.82, 2.24) is 9.88 Å². The third-order valence-electron chi connectivity index (χ3n) is 5.30. The number of hydrogen-bond acceptors (Lipinski definition) is 5. The number of anilines is 1. The van der Waals surface area contributed by atoms with Crippen molar-refractivity contribution in [2.45, 2.75) is 38.1 Å². The molecule has 1 atom stereocenters. The molecule has 0 aliphatic carbocycles. The van der Waals surface area contributed by atoms with Gasteiger partial charge in [-0.3, -0.25) is 14.5 Å². The van der Waals surface area contributed by atoms with Crippen molar-refractivity contribution in [3.8, 4) is 0 Å². The highest BCUT2D eigenvalue weighted by Crippen LogP contribution is 2.28. The molecular weight excluding hydrogens is 320 g/mol. The van der Waals surface area contributed by atoms with Crippen LogP contribution in [-0.4, -0.2) is 53.0 Å². The first-order valence-electron chi connectivity index (χ1n) is 9.03. The van der Waals surface area contributed by atoms with Crippen LogP contribution in [0.15, 0.2) is 18.3 Å². The number of aliphatic carboxylic acids is 1. The summed E-state index contributed by atoms with van der Waals surface area (Å²) in [4.78, 5) is 31.8. The van der Waals surface area contributed by atoms with Crippen molar-refractivity contribution in [3.05, 3.63) is 23.9 Å². The van der Waals surface area contributed by atoms with Crippen molar-refractivity contribution >= 4 is 17.7 Å². The molecule has 2 saturated heterocycles. The molecule has 0 radical (unpaired) electrons. The van der Waals surface area contributed by atoms with Crippen molar-refractivity contribution in [2.24, 2.45) is 11.7 Å². The Balaban J connectivity index is 1.70. The van der Waals surface area contributed by atoms with Crippen LogP contribution in [-0.2, 0) is 9.59 Å². The van der Waals surface area contributed by atoms with E-state index in [1.807, 2.05) is 17.0 Å². The number of carbonyl (C=O) groups is 2. The van der Waals surface area contributed by atoms with Crippen molar-refractivity contribution in [3.63, 3.8) is 0 Å². The van der Waals surface area contributed by atoms with Crippen LogP contribution in [0, 0.1) is 5.92 Å². The maximum atomic E-state index is 11.8. The molecule has 0 saturated carbocycles. The minimum Gasteiger partial charge on any atom is -0.480 e. The summed E-state index contributed by atoms with van der Waals surface area (Å²) in [6, 6.07) is 3.07. The molecule has 0 bridgehead atoms. The molecule has 0 aromatic carbocycles. The smallest absolute Gasteiger partial charge is 0.325 e. The standard InChI is InChI=1S/C18H26N4O3/c19-17(23)13-6-10-22(11-7-13)16(18(24)25)14-4-5-15(20-12-14)21-8-2-1-3-9-21/h4-5,12-13,16H,1-3,6-11H2,(H2,19,23)(H,24,25)/t16-/m0/s1. The average molecular weight is 346 g/mol. The summed E-state index contributed by atoms with van der Waals surface area (Å²) in [6.07, 6.45) is 6.52. The number of primary amides is 1. The molecule has 2 aliphatic rings. The second-order valence-corrected chi connectivity index (χ2v) is 6.95. The summed E-state index contributed by atoms with van der Waals surface area (Å²) < 4.78 is 0. The first-order valence-corrected chi connectivity index (χ1v) is 9.03. The predicted octanol–water partition coefficient (Wildman–Crippen LogP) is 1.39. The number of nitrogens with two attached hydrogens (primary N) is 1. The Morgan fingerprint density at radius 2 is 1.80 bits per heavy atom. The number of aromatic nitrogens is 1. The number of carboxylic acid groups (broad SMARTS) is 1. The van der Waals surface area contributed by atoms with E-state index in [0.717, 1.165) is 18.9 Å². The highest BCUT2D eigenvalue weighted by atomic mass is 16.4. The van der Waals surface area contributed by atoms with E-state index < -0.39 is 12.0 Å². The largest absolute Gasteiger partial charge is 0.480 e. The number of hydrogen-bond donors (Lipinski definition) is 2. The SMILES string of the molecule is NC(=O)C1CCN([C@H](C(=O)O)c2ccc(N3CCCCC3)nc2)CC1. The Hall–Kier alpha value is -2.15. The maximum Gasteiger partial charge on any atom is 0.325 e. The fourth-order valence-corrected chi connectivity index (χ4v) is 3.82. The summed E-state index contributed by atoms with van der Waals surface area (Å²) in [5.41, 5.74) is 6.04. The van der Waals surface area contributed by atoms with Gasteiger partial charge in [0, 0.05) is 38.3 Å². The molecule has 2 fully saturated rings. The van der Waals surface area contributed by atoms with Gasteiger partial charge in [0.25, 0.3) is 0 Å². The second kappa shape index (κ2) is 7.82. The molecule has 0 spiro atoms. The highest BCUT2D eigenvalue weighted by Gasteiger charge is 2.32. The third kappa shape index (κ3) is 4.10. The normalized spacial score (nSPS) is 21.0. The van der Waals surface area contributed by atoms with E-state index in [1.54, 1.807) is 6.20 Å². The Labute approximate surface area is 147 Å². The minimum atomic E-state index is -0.884. The Kier molecular flexibility index (Phi) is 5.53. The molecule has 3 heterocycles. The molecule has 1 aromatic rings. The van der Waals surface area contributed by atoms with Crippen LogP contribution in [0.2, 0.25) is 0 Å². The van der Waals surface area contributed by atoms with E-state index >= 15 is 0 Å². The van der Waals surface area contributed by atoms with Gasteiger partial charge in [-0.2, -0.15) is 0 Å². The summed E-state index contributed by atoms with van der Waals surface area (Å²) in [5, 5.41) is 9.70. The minimum absolute atomic E-state index is 0.148. The van der Waals surface area contributed by atoms with Crippen LogP contribution < -0.4 is 10.6 Å². The number of carboxylic acids is 1. The zero-order valence-electron chi connectivity index (χ0n) is 14.4. The maximum absolute atomic E-state index is 11.8. The monoisotopic (exact) mass is 346 g/mol. The number of piperidine rings is 2. The van der Waals surface area contributed by atoms with E-state index in [1.165, 1.54) is 19.3 Å². The fourth-order valence-electron chi connectivity index (χ4n) is 3.82. The molecule has 25 heavy (non-hydrogen) atoms. The second-order valence-electron chi connectivity index (χ2n) is 6.95. The van der Waals surface area contributed by atoms with Gasteiger partial charge < -0.3 is 15.7 Å². The highest BCUT2D eigenvalue weighted by molar-refractivity contribution is 5.77. The quantitative estimate of drug-likeness (QED) is 0.836. The molecule has 3 rings (SSSR count). The summed E-state index contributed by atoms with van der Waals surface area (Å²) in [7, 11) is 0. The lowest BCUT2D eigenvalue weighted by Gasteiger charge is -2.35. The van der Waals surface area contributed by atoms with E-state index in [9.17, 15) is 14.7 Å². The van der Waals surface area contributed by atoms with Crippen LogP contribution in [0.3, 0.4) is 0 Å². The predicted molar refractivity (Wildman–Crippen MR) is 94.2 cm³/mol. The van der Waals surface area contributed by atoms with E-state index in [0.29, 0.717) is 31.5 Å². The van der Waals surface area contributed by atoms with E-state index in [2.05, 4.69) is 9.88 Å². The van der Waals surface area contributed by atoms with Crippen LogP contribution in [0.4, 0.5) is 5.82 Å². The lowest BCUT2D eigenvalue weighted by atomic mass is 9.94. The van der Waals surface area contributed by atoms with Gasteiger partial charge in [-0.05, 0) is 43.7 Å². The molecule has 136 valence electrons. The number of rotatable bonds is 5. The Morgan fingerprint density at radius 3 is 2.32 bits per heavy atom. The Bertz CT molecular complexity index is 605. The molecule has 1 aromatic heterocycles. The summed E-state index contributed by atoms with van der Waals surface area (Å²) >= 11 is 0. The number of pyridine rings is 1. The van der Waals surface area contributed by atoms with Gasteiger partial charge >= 0.3 is 5.97 Å².